The summed E-state index contributed by atoms with van der Waals surface area (Å²) in [5.41, 5.74) is -0.542. The van der Waals surface area contributed by atoms with Gasteiger partial charge in [-0.1, -0.05) is 6.92 Å². The number of methoxy groups -OCH3 is 2. The molecule has 0 unspecified atom stereocenters. The van der Waals surface area contributed by atoms with Crippen LogP contribution in [0.3, 0.4) is 0 Å². The van der Waals surface area contributed by atoms with Crippen LogP contribution in [0, 0.1) is 5.41 Å². The molecule has 0 spiro atoms. The van der Waals surface area contributed by atoms with Crippen LogP contribution < -0.4 is 18.9 Å². The van der Waals surface area contributed by atoms with Crippen molar-refractivity contribution in [3.63, 3.8) is 0 Å². The van der Waals surface area contributed by atoms with Gasteiger partial charge in [0.05, 0.1) is 48.8 Å². The van der Waals surface area contributed by atoms with Crippen LogP contribution >= 0.6 is 31.0 Å². The van der Waals surface area contributed by atoms with Crippen molar-refractivity contribution in [2.24, 2.45) is 5.41 Å². The summed E-state index contributed by atoms with van der Waals surface area (Å²) in [6.07, 6.45) is 1.82. The molecule has 10 nitrogen and oxygen atoms in total. The molecule has 232 valence electrons. The molecule has 0 atom stereocenters. The van der Waals surface area contributed by atoms with Crippen LogP contribution in [0.2, 0.25) is 0 Å². The molecule has 2 aromatic carbocycles. The molecular formula is C30H35O10PS2. The van der Waals surface area contributed by atoms with Crippen LogP contribution in [0.15, 0.2) is 36.4 Å². The van der Waals surface area contributed by atoms with Crippen molar-refractivity contribution in [1.29, 1.82) is 0 Å². The highest BCUT2D eigenvalue weighted by Crippen LogP contribution is 2.38. The quantitative estimate of drug-likeness (QED) is 0.0577. The van der Waals surface area contributed by atoms with E-state index >= 15 is 0 Å². The second-order valence-electron chi connectivity index (χ2n) is 10.0. The number of hydrogen-bond acceptors (Lipinski definition) is 11. The smallest absolute Gasteiger partial charge is 0.309 e. The van der Waals surface area contributed by atoms with Crippen molar-refractivity contribution in [2.45, 2.75) is 33.6 Å². The van der Waals surface area contributed by atoms with Gasteiger partial charge in [-0.2, -0.15) is 0 Å². The number of ketones is 1. The normalized spacial score (nSPS) is 11.3. The summed E-state index contributed by atoms with van der Waals surface area (Å²) in [5.74, 6) is 1.25. The Labute approximate surface area is 258 Å². The number of carbonyl (C=O) groups excluding carboxylic acids is 2. The van der Waals surface area contributed by atoms with E-state index in [1.807, 2.05) is 25.1 Å². The van der Waals surface area contributed by atoms with Crippen LogP contribution in [-0.4, -0.2) is 66.5 Å². The van der Waals surface area contributed by atoms with Gasteiger partial charge in [-0.05, 0) is 55.3 Å². The van der Waals surface area contributed by atoms with Crippen LogP contribution in [-0.2, 0) is 4.79 Å². The Bertz CT molecular complexity index is 1570. The van der Waals surface area contributed by atoms with Crippen molar-refractivity contribution in [3.8, 4) is 23.0 Å². The monoisotopic (exact) mass is 650 g/mol. The second-order valence-corrected chi connectivity index (χ2v) is 13.3. The molecule has 0 aliphatic carbocycles. The number of carboxylic acid groups (broad SMARTS) is 1. The van der Waals surface area contributed by atoms with Crippen LogP contribution in [0.25, 0.3) is 20.2 Å². The third-order valence-electron chi connectivity index (χ3n) is 6.57. The number of aldehydes is 1. The number of aliphatic carboxylic acids is 1. The maximum absolute atomic E-state index is 12.2. The van der Waals surface area contributed by atoms with Gasteiger partial charge in [0, 0.05) is 28.0 Å². The third kappa shape index (κ3) is 9.11. The molecule has 0 saturated carbocycles. The number of fused-ring (bicyclic) bond motifs is 2. The molecule has 0 aliphatic heterocycles. The molecule has 0 aliphatic rings. The Morgan fingerprint density at radius 2 is 1.40 bits per heavy atom. The first-order chi connectivity index (χ1) is 20.4. The lowest BCUT2D eigenvalue weighted by molar-refractivity contribution is -0.147. The molecule has 43 heavy (non-hydrogen) atoms. The molecule has 0 amide bonds. The molecule has 3 N–H and O–H groups in total. The highest BCUT2D eigenvalue weighted by atomic mass is 32.1. The van der Waals surface area contributed by atoms with Gasteiger partial charge in [0.15, 0.2) is 43.4 Å². The first-order valence-electron chi connectivity index (χ1n) is 13.3. The summed E-state index contributed by atoms with van der Waals surface area (Å²) in [5, 5.41) is 10.2. The van der Waals surface area contributed by atoms with Crippen LogP contribution in [0.1, 0.15) is 53.0 Å². The molecule has 4 aromatic rings. The summed E-state index contributed by atoms with van der Waals surface area (Å²) in [4.78, 5) is 52.8. The maximum Gasteiger partial charge on any atom is 0.309 e. The summed E-state index contributed by atoms with van der Waals surface area (Å²) in [6, 6.07) is 10.9. The minimum absolute atomic E-state index is 0.287. The van der Waals surface area contributed by atoms with Gasteiger partial charge in [0.2, 0.25) is 0 Å². The summed E-state index contributed by atoms with van der Waals surface area (Å²) in [7, 11) is 0.845. The Hall–Kier alpha value is -3.28. The van der Waals surface area contributed by atoms with Gasteiger partial charge in [-0.3, -0.25) is 14.4 Å². The molecule has 0 radical (unpaired) electrons. The predicted octanol–water partition coefficient (Wildman–Crippen LogP) is 6.78. The molecule has 0 saturated heterocycles. The minimum Gasteiger partial charge on any atom is -0.493 e. The van der Waals surface area contributed by atoms with Gasteiger partial charge in [0.25, 0.3) is 0 Å². The van der Waals surface area contributed by atoms with E-state index in [0.717, 1.165) is 26.5 Å². The van der Waals surface area contributed by atoms with Crippen molar-refractivity contribution >= 4 is 69.3 Å². The number of rotatable bonds is 14. The molecule has 2 heterocycles. The van der Waals surface area contributed by atoms with Crippen molar-refractivity contribution in [3.05, 3.63) is 46.2 Å². The molecule has 0 fully saturated rings. The summed E-state index contributed by atoms with van der Waals surface area (Å²) in [6.45, 7) is 6.06. The third-order valence-corrected chi connectivity index (χ3v) is 9.30. The lowest BCUT2D eigenvalue weighted by atomic mass is 9.91. The zero-order valence-corrected chi connectivity index (χ0v) is 27.1. The van der Waals surface area contributed by atoms with Gasteiger partial charge < -0.3 is 33.8 Å². The lowest BCUT2D eigenvalue weighted by Crippen LogP contribution is -2.21. The largest absolute Gasteiger partial charge is 0.493 e. The van der Waals surface area contributed by atoms with Crippen molar-refractivity contribution < 1.29 is 48.2 Å². The van der Waals surface area contributed by atoms with E-state index in [1.165, 1.54) is 22.7 Å². The fourth-order valence-corrected chi connectivity index (χ4v) is 6.07. The van der Waals surface area contributed by atoms with Crippen LogP contribution in [0.4, 0.5) is 0 Å². The van der Waals surface area contributed by atoms with Gasteiger partial charge in [-0.25, -0.2) is 0 Å². The number of carboxylic acids is 1. The molecular weight excluding hydrogens is 615 g/mol. The zero-order valence-electron chi connectivity index (χ0n) is 24.5. The van der Waals surface area contributed by atoms with E-state index in [1.54, 1.807) is 46.3 Å². The average molecular weight is 651 g/mol. The molecule has 13 heteroatoms. The van der Waals surface area contributed by atoms with E-state index in [4.69, 9.17) is 33.8 Å². The Morgan fingerprint density at radius 1 is 0.860 bits per heavy atom. The van der Waals surface area contributed by atoms with E-state index < -0.39 is 19.8 Å². The number of Topliss-reactive ketones (excluding diaryl/α,β-unsaturated/α-hetero) is 1. The van der Waals surface area contributed by atoms with Gasteiger partial charge in [0.1, 0.15) is 0 Å². The topological polar surface area (TPSA) is 149 Å². The fraction of sp³-hybridized carbons (Fsp3) is 0.367. The summed E-state index contributed by atoms with van der Waals surface area (Å²) < 4.78 is 24.5. The Morgan fingerprint density at radius 3 is 1.84 bits per heavy atom. The lowest BCUT2D eigenvalue weighted by Gasteiger charge is -2.14. The molecule has 2 aromatic heterocycles. The standard InChI is InChI=1S/C24H23O8PS2.C6H12O2/c1-29-18-10-22-14(6-16(12-25)34-22)7-20(18)31-4-3-5-32-21-8-15-9-24(17(26)13-33(27)28)35-23(15)11-19(21)30-2;1-4-6(2,3)5(7)8/h6-12,27-28H,3-5,13H2,1-2H3;4H2,1-3H3,(H,7,8). The second kappa shape index (κ2) is 15.4. The van der Waals surface area contributed by atoms with E-state index in [2.05, 4.69) is 0 Å². The number of carbonyl (C=O) groups is 3. The first-order valence-corrected chi connectivity index (χ1v) is 16.3. The first kappa shape index (κ1) is 34.2. The van der Waals surface area contributed by atoms with Crippen molar-refractivity contribution in [2.75, 3.05) is 33.6 Å². The predicted molar refractivity (Wildman–Crippen MR) is 170 cm³/mol. The van der Waals surface area contributed by atoms with E-state index in [0.29, 0.717) is 58.8 Å². The molecule has 4 rings (SSSR count). The highest BCUT2D eigenvalue weighted by molar-refractivity contribution is 7.46. The minimum atomic E-state index is -2.27. The number of thiophene rings is 2. The van der Waals surface area contributed by atoms with Gasteiger partial charge >= 0.3 is 5.97 Å². The Balaban J connectivity index is 0.000000557. The SMILES string of the molecule is CCC(C)(C)C(=O)O.COc1cc2sc(C=O)cc2cc1OCCCOc1cc2cc(C(=O)CP(O)O)sc2cc1OC. The zero-order chi connectivity index (χ0) is 31.7. The number of ether oxygens (including phenoxy) is 4. The number of benzene rings is 2. The maximum atomic E-state index is 12.2. The van der Waals surface area contributed by atoms with E-state index in [9.17, 15) is 14.4 Å². The fourth-order valence-electron chi connectivity index (χ4n) is 3.64. The van der Waals surface area contributed by atoms with Crippen LogP contribution in [0.5, 0.6) is 23.0 Å². The highest BCUT2D eigenvalue weighted by Gasteiger charge is 2.23. The van der Waals surface area contributed by atoms with Gasteiger partial charge in [-0.15, -0.1) is 22.7 Å². The Kier molecular flexibility index (Phi) is 12.3. The van der Waals surface area contributed by atoms with E-state index in [-0.39, 0.29) is 11.9 Å². The van der Waals surface area contributed by atoms with Crippen molar-refractivity contribution in [1.82, 2.24) is 0 Å². The number of hydrogen-bond donors (Lipinski definition) is 3. The average Bonchev–Trinajstić information content (AvgIpc) is 3.59. The molecule has 0 bridgehead atoms. The summed E-state index contributed by atoms with van der Waals surface area (Å²) >= 11 is 2.67.